The van der Waals surface area contributed by atoms with Gasteiger partial charge in [0, 0.05) is 12.1 Å². The predicted octanol–water partition coefficient (Wildman–Crippen LogP) is 4.91. The number of rotatable bonds is 1. The maximum absolute atomic E-state index is 12.9. The summed E-state index contributed by atoms with van der Waals surface area (Å²) >= 11 is 5.63. The van der Waals surface area contributed by atoms with Crippen molar-refractivity contribution in [2.45, 2.75) is 19.0 Å². The Morgan fingerprint density at radius 2 is 1.68 bits per heavy atom. The third-order valence-corrected chi connectivity index (χ3v) is 3.94. The third kappa shape index (κ3) is 2.81. The minimum absolute atomic E-state index is 0.0499. The molecule has 6 heteroatoms. The lowest BCUT2D eigenvalue weighted by Crippen LogP contribution is -2.18. The van der Waals surface area contributed by atoms with Crippen LogP contribution >= 0.6 is 11.6 Å². The normalized spacial score (nSPS) is 14.5. The Labute approximate surface area is 129 Å². The maximum atomic E-state index is 12.9. The highest BCUT2D eigenvalue weighted by molar-refractivity contribution is 6.31. The lowest BCUT2D eigenvalue weighted by molar-refractivity contribution is -0.137. The first kappa shape index (κ1) is 14.9. The first-order valence-electron chi connectivity index (χ1n) is 6.64. The van der Waals surface area contributed by atoms with Gasteiger partial charge in [0.2, 0.25) is 5.91 Å². The second kappa shape index (κ2) is 5.32. The van der Waals surface area contributed by atoms with Crippen LogP contribution < -0.4 is 5.32 Å². The number of halogens is 4. The number of hydrogen-bond acceptors (Lipinski definition) is 1. The molecule has 0 bridgehead atoms. The minimum atomic E-state index is -4.49. The number of fused-ring (bicyclic) bond motifs is 1. The van der Waals surface area contributed by atoms with E-state index in [2.05, 4.69) is 5.32 Å². The standard InChI is InChI=1S/C16H11ClF3NO/c17-13-4-1-10(8-12(13)16(18,19)20)9-2-5-14-11(7-9)3-6-15(22)21-14/h1-2,4-5,7-8H,3,6H2,(H,21,22). The van der Waals surface area contributed by atoms with Crippen molar-refractivity contribution in [2.24, 2.45) is 0 Å². The Bertz CT molecular complexity index is 756. The van der Waals surface area contributed by atoms with Gasteiger partial charge in [-0.05, 0) is 47.4 Å². The van der Waals surface area contributed by atoms with Crippen LogP contribution in [0, 0.1) is 0 Å². The third-order valence-electron chi connectivity index (χ3n) is 3.61. The van der Waals surface area contributed by atoms with Crippen molar-refractivity contribution in [1.82, 2.24) is 0 Å². The number of alkyl halides is 3. The molecular formula is C16H11ClF3NO. The molecule has 1 amide bonds. The number of benzene rings is 2. The molecule has 1 aliphatic heterocycles. The molecule has 0 spiro atoms. The second-order valence-electron chi connectivity index (χ2n) is 5.11. The Hall–Kier alpha value is -2.01. The van der Waals surface area contributed by atoms with E-state index >= 15 is 0 Å². The summed E-state index contributed by atoms with van der Waals surface area (Å²) in [6.45, 7) is 0. The van der Waals surface area contributed by atoms with Crippen molar-refractivity contribution in [3.63, 3.8) is 0 Å². The van der Waals surface area contributed by atoms with Gasteiger partial charge in [-0.2, -0.15) is 13.2 Å². The minimum Gasteiger partial charge on any atom is -0.326 e. The quantitative estimate of drug-likeness (QED) is 0.793. The molecule has 0 fully saturated rings. The molecule has 2 aromatic carbocycles. The van der Waals surface area contributed by atoms with Crippen LogP contribution in [-0.4, -0.2) is 5.91 Å². The van der Waals surface area contributed by atoms with E-state index < -0.39 is 11.7 Å². The average molecular weight is 326 g/mol. The summed E-state index contributed by atoms with van der Waals surface area (Å²) in [7, 11) is 0. The van der Waals surface area contributed by atoms with Gasteiger partial charge < -0.3 is 5.32 Å². The number of carbonyl (C=O) groups excluding carboxylic acids is 1. The van der Waals surface area contributed by atoms with Crippen molar-refractivity contribution in [3.05, 3.63) is 52.5 Å². The fourth-order valence-electron chi connectivity index (χ4n) is 2.49. The summed E-state index contributed by atoms with van der Waals surface area (Å²) in [5.74, 6) is -0.0499. The summed E-state index contributed by atoms with van der Waals surface area (Å²) in [6.07, 6.45) is -3.53. The van der Waals surface area contributed by atoms with E-state index in [1.807, 2.05) is 0 Å². The summed E-state index contributed by atoms with van der Waals surface area (Å²) < 4.78 is 38.8. The molecule has 0 saturated heterocycles. The van der Waals surface area contributed by atoms with Crippen LogP contribution in [0.25, 0.3) is 11.1 Å². The monoisotopic (exact) mass is 325 g/mol. The molecule has 0 unspecified atom stereocenters. The molecule has 114 valence electrons. The molecule has 0 saturated carbocycles. The number of hydrogen-bond donors (Lipinski definition) is 1. The molecular weight excluding hydrogens is 315 g/mol. The second-order valence-corrected chi connectivity index (χ2v) is 5.52. The number of anilines is 1. The number of aryl methyl sites for hydroxylation is 1. The first-order chi connectivity index (χ1) is 10.3. The summed E-state index contributed by atoms with van der Waals surface area (Å²) in [4.78, 5) is 11.3. The smallest absolute Gasteiger partial charge is 0.326 e. The molecule has 0 aliphatic carbocycles. The van der Waals surface area contributed by atoms with Crippen molar-refractivity contribution < 1.29 is 18.0 Å². The first-order valence-corrected chi connectivity index (χ1v) is 7.02. The fraction of sp³-hybridized carbons (Fsp3) is 0.188. The van der Waals surface area contributed by atoms with Crippen molar-refractivity contribution in [2.75, 3.05) is 5.32 Å². The molecule has 1 N–H and O–H groups in total. The van der Waals surface area contributed by atoms with Crippen molar-refractivity contribution in [3.8, 4) is 11.1 Å². The summed E-state index contributed by atoms with van der Waals surface area (Å²) in [5.41, 5.74) is 1.89. The van der Waals surface area contributed by atoms with Gasteiger partial charge in [-0.15, -0.1) is 0 Å². The SMILES string of the molecule is O=C1CCc2cc(-c3ccc(Cl)c(C(F)(F)F)c3)ccc2N1. The van der Waals surface area contributed by atoms with Crippen LogP contribution in [0.5, 0.6) is 0 Å². The van der Waals surface area contributed by atoms with Crippen LogP contribution in [0.1, 0.15) is 17.5 Å². The Morgan fingerprint density at radius 3 is 2.41 bits per heavy atom. The summed E-state index contributed by atoms with van der Waals surface area (Å²) in [5, 5.41) is 2.43. The van der Waals surface area contributed by atoms with E-state index in [0.29, 0.717) is 29.7 Å². The molecule has 3 rings (SSSR count). The van der Waals surface area contributed by atoms with Crippen LogP contribution in [0.15, 0.2) is 36.4 Å². The average Bonchev–Trinajstić information content (AvgIpc) is 2.46. The lowest BCUT2D eigenvalue weighted by Gasteiger charge is -2.18. The number of amides is 1. The van der Waals surface area contributed by atoms with E-state index in [1.165, 1.54) is 6.07 Å². The van der Waals surface area contributed by atoms with Crippen molar-refractivity contribution >= 4 is 23.2 Å². The van der Waals surface area contributed by atoms with Crippen LogP contribution in [0.4, 0.5) is 18.9 Å². The van der Waals surface area contributed by atoms with E-state index in [4.69, 9.17) is 11.6 Å². The van der Waals surface area contributed by atoms with Crippen molar-refractivity contribution in [1.29, 1.82) is 0 Å². The Kier molecular flexibility index (Phi) is 3.60. The highest BCUT2D eigenvalue weighted by Crippen LogP contribution is 2.38. The van der Waals surface area contributed by atoms with Gasteiger partial charge in [0.15, 0.2) is 0 Å². The van der Waals surface area contributed by atoms with Gasteiger partial charge in [-0.1, -0.05) is 23.7 Å². The summed E-state index contributed by atoms with van der Waals surface area (Å²) in [6, 6.07) is 9.06. The molecule has 0 atom stereocenters. The van der Waals surface area contributed by atoms with Gasteiger partial charge in [-0.25, -0.2) is 0 Å². The van der Waals surface area contributed by atoms with E-state index in [-0.39, 0.29) is 10.9 Å². The topological polar surface area (TPSA) is 29.1 Å². The Morgan fingerprint density at radius 1 is 1.00 bits per heavy atom. The van der Waals surface area contributed by atoms with E-state index in [1.54, 1.807) is 24.3 Å². The number of nitrogens with one attached hydrogen (secondary N) is 1. The molecule has 1 aliphatic rings. The van der Waals surface area contributed by atoms with Gasteiger partial charge in [0.05, 0.1) is 10.6 Å². The molecule has 2 aromatic rings. The Balaban J connectivity index is 2.03. The molecule has 2 nitrogen and oxygen atoms in total. The zero-order valence-corrected chi connectivity index (χ0v) is 12.1. The van der Waals surface area contributed by atoms with E-state index in [9.17, 15) is 18.0 Å². The highest BCUT2D eigenvalue weighted by atomic mass is 35.5. The van der Waals surface area contributed by atoms with Gasteiger partial charge in [-0.3, -0.25) is 4.79 Å². The molecule has 1 heterocycles. The lowest BCUT2D eigenvalue weighted by atomic mass is 9.96. The molecule has 0 radical (unpaired) electrons. The number of carbonyl (C=O) groups is 1. The molecule has 0 aromatic heterocycles. The predicted molar refractivity (Wildman–Crippen MR) is 78.8 cm³/mol. The van der Waals surface area contributed by atoms with Crippen LogP contribution in [-0.2, 0) is 17.4 Å². The zero-order chi connectivity index (χ0) is 15.9. The zero-order valence-electron chi connectivity index (χ0n) is 11.3. The van der Waals surface area contributed by atoms with Crippen LogP contribution in [0.3, 0.4) is 0 Å². The fourth-order valence-corrected chi connectivity index (χ4v) is 2.71. The van der Waals surface area contributed by atoms with Gasteiger partial charge in [0.25, 0.3) is 0 Å². The highest BCUT2D eigenvalue weighted by Gasteiger charge is 2.33. The van der Waals surface area contributed by atoms with Gasteiger partial charge in [0.1, 0.15) is 0 Å². The van der Waals surface area contributed by atoms with Crippen LogP contribution in [0.2, 0.25) is 5.02 Å². The largest absolute Gasteiger partial charge is 0.417 e. The van der Waals surface area contributed by atoms with Gasteiger partial charge >= 0.3 is 6.18 Å². The molecule has 22 heavy (non-hydrogen) atoms. The van der Waals surface area contributed by atoms with E-state index in [0.717, 1.165) is 11.6 Å². The maximum Gasteiger partial charge on any atom is 0.417 e.